The molecule has 0 aromatic heterocycles. The Balaban J connectivity index is 0.000000194. The van der Waals surface area contributed by atoms with E-state index in [2.05, 4.69) is 11.7 Å². The summed E-state index contributed by atoms with van der Waals surface area (Å²) >= 11 is 0. The monoisotopic (exact) mass is 382 g/mol. The van der Waals surface area contributed by atoms with Crippen LogP contribution in [0.25, 0.3) is 0 Å². The normalized spacial score (nSPS) is 26.9. The maximum Gasteiger partial charge on any atom is 0.418 e. The number of piperazine rings is 2. The standard InChI is InChI=1S/C7H18B2N2O2.C7H11BN2O4/c1-7-6-10(8(2)12)4-5-11(7)9(3)13;1-8(13)9-2-3-10-5(4-9)6(11)14-7(10)12/h7,12-13H,4-6H2,1-3H3;5,13H,2-4H2,1H3/t7-;5-/m01/s1. The molecule has 3 N–H and O–H groups in total. The van der Waals surface area contributed by atoms with Gasteiger partial charge in [0.2, 0.25) is 0 Å². The summed E-state index contributed by atoms with van der Waals surface area (Å²) in [6.07, 6.45) is -0.565. The van der Waals surface area contributed by atoms with Crippen molar-refractivity contribution in [3.05, 3.63) is 0 Å². The van der Waals surface area contributed by atoms with Crippen molar-refractivity contribution < 1.29 is 29.4 Å². The van der Waals surface area contributed by atoms with Crippen molar-refractivity contribution >= 4 is 33.2 Å². The lowest BCUT2D eigenvalue weighted by molar-refractivity contribution is -0.136. The Morgan fingerprint density at radius 1 is 0.889 bits per heavy atom. The van der Waals surface area contributed by atoms with E-state index < -0.39 is 25.2 Å². The lowest BCUT2D eigenvalue weighted by atomic mass is 9.78. The highest BCUT2D eigenvalue weighted by atomic mass is 16.6. The van der Waals surface area contributed by atoms with Crippen molar-refractivity contribution in [2.75, 3.05) is 39.3 Å². The van der Waals surface area contributed by atoms with Crippen LogP contribution >= 0.6 is 0 Å². The van der Waals surface area contributed by atoms with Crippen LogP contribution in [0.2, 0.25) is 20.5 Å². The van der Waals surface area contributed by atoms with Crippen molar-refractivity contribution in [3.63, 3.8) is 0 Å². The first-order chi connectivity index (χ1) is 12.6. The maximum atomic E-state index is 11.2. The van der Waals surface area contributed by atoms with E-state index in [9.17, 15) is 24.7 Å². The number of cyclic esters (lactones) is 2. The molecule has 0 aromatic rings. The van der Waals surface area contributed by atoms with Crippen LogP contribution in [0.1, 0.15) is 6.92 Å². The number of hydrogen-bond acceptors (Lipinski definition) is 9. The van der Waals surface area contributed by atoms with E-state index in [0.29, 0.717) is 25.7 Å². The third kappa shape index (κ3) is 5.46. The zero-order chi connectivity index (χ0) is 20.3. The van der Waals surface area contributed by atoms with Crippen molar-refractivity contribution in [1.29, 1.82) is 0 Å². The molecule has 13 heteroatoms. The second-order valence-electron chi connectivity index (χ2n) is 7.37. The molecular formula is C14H29B3N4O6. The summed E-state index contributed by atoms with van der Waals surface area (Å²) in [7, 11) is -1.36. The van der Waals surface area contributed by atoms with Crippen LogP contribution in [0, 0.1) is 0 Å². The van der Waals surface area contributed by atoms with E-state index in [1.54, 1.807) is 25.3 Å². The van der Waals surface area contributed by atoms with Crippen LogP contribution in [0.4, 0.5) is 4.79 Å². The molecule has 0 aromatic carbocycles. The third-order valence-corrected chi connectivity index (χ3v) is 5.35. The number of hydrogen-bond donors (Lipinski definition) is 3. The Morgan fingerprint density at radius 3 is 1.96 bits per heavy atom. The molecule has 0 unspecified atom stereocenters. The maximum absolute atomic E-state index is 11.2. The van der Waals surface area contributed by atoms with Gasteiger partial charge in [0, 0.05) is 45.3 Å². The van der Waals surface area contributed by atoms with Crippen LogP contribution < -0.4 is 0 Å². The molecule has 3 aliphatic heterocycles. The minimum absolute atomic E-state index is 0.309. The molecule has 150 valence electrons. The molecule has 3 aliphatic rings. The molecule has 27 heavy (non-hydrogen) atoms. The van der Waals surface area contributed by atoms with Gasteiger partial charge in [-0.05, 0) is 27.4 Å². The number of esters is 1. The lowest BCUT2D eigenvalue weighted by Gasteiger charge is -2.41. The van der Waals surface area contributed by atoms with Crippen molar-refractivity contribution in [2.24, 2.45) is 0 Å². The Bertz CT molecular complexity index is 541. The molecule has 0 saturated carbocycles. The van der Waals surface area contributed by atoms with Gasteiger partial charge in [0.15, 0.2) is 0 Å². The number of rotatable bonds is 3. The molecule has 0 radical (unpaired) electrons. The third-order valence-electron chi connectivity index (χ3n) is 5.35. The van der Waals surface area contributed by atoms with Gasteiger partial charge in [-0.3, -0.25) is 4.90 Å². The molecule has 3 fully saturated rings. The average molecular weight is 382 g/mol. The van der Waals surface area contributed by atoms with Gasteiger partial charge in [0.05, 0.1) is 0 Å². The summed E-state index contributed by atoms with van der Waals surface area (Å²) in [5.74, 6) is -0.514. The van der Waals surface area contributed by atoms with E-state index >= 15 is 0 Å². The van der Waals surface area contributed by atoms with Gasteiger partial charge in [-0.1, -0.05) is 0 Å². The molecule has 1 amide bonds. The van der Waals surface area contributed by atoms with E-state index in [1.807, 2.05) is 9.62 Å². The van der Waals surface area contributed by atoms with Gasteiger partial charge < -0.3 is 34.2 Å². The largest absolute Gasteiger partial charge is 0.437 e. The zero-order valence-electron chi connectivity index (χ0n) is 16.5. The van der Waals surface area contributed by atoms with Crippen LogP contribution in [0.5, 0.6) is 0 Å². The van der Waals surface area contributed by atoms with Gasteiger partial charge in [-0.2, -0.15) is 0 Å². The number of fused-ring (bicyclic) bond motifs is 1. The second kappa shape index (κ2) is 9.40. The Labute approximate surface area is 161 Å². The zero-order valence-corrected chi connectivity index (χ0v) is 16.5. The fourth-order valence-corrected chi connectivity index (χ4v) is 3.67. The number of carbonyl (C=O) groups is 2. The van der Waals surface area contributed by atoms with Crippen LogP contribution in [0.15, 0.2) is 0 Å². The quantitative estimate of drug-likeness (QED) is 0.289. The number of nitrogens with zero attached hydrogens (tertiary/aromatic N) is 4. The van der Waals surface area contributed by atoms with E-state index in [0.717, 1.165) is 19.6 Å². The van der Waals surface area contributed by atoms with Gasteiger partial charge in [0.25, 0.3) is 0 Å². The van der Waals surface area contributed by atoms with Gasteiger partial charge >= 0.3 is 33.2 Å². The van der Waals surface area contributed by atoms with Crippen LogP contribution in [-0.2, 0) is 9.53 Å². The molecule has 0 bridgehead atoms. The molecule has 0 aliphatic carbocycles. The first-order valence-electron chi connectivity index (χ1n) is 9.42. The van der Waals surface area contributed by atoms with E-state index in [1.165, 1.54) is 4.90 Å². The molecule has 10 nitrogen and oxygen atoms in total. The number of amides is 1. The topological polar surface area (TPSA) is 117 Å². The highest BCUT2D eigenvalue weighted by Gasteiger charge is 2.45. The van der Waals surface area contributed by atoms with Crippen LogP contribution in [0.3, 0.4) is 0 Å². The Kier molecular flexibility index (Phi) is 7.72. The minimum atomic E-state index is -0.597. The first-order valence-corrected chi connectivity index (χ1v) is 9.42. The average Bonchev–Trinajstić information content (AvgIpc) is 2.88. The summed E-state index contributed by atoms with van der Waals surface area (Å²) in [5, 5.41) is 28.1. The summed E-state index contributed by atoms with van der Waals surface area (Å²) < 4.78 is 4.48. The summed E-state index contributed by atoms with van der Waals surface area (Å²) in [6.45, 7) is 11.1. The van der Waals surface area contributed by atoms with Crippen molar-refractivity contribution in [1.82, 2.24) is 19.3 Å². The van der Waals surface area contributed by atoms with Crippen molar-refractivity contribution in [3.8, 4) is 0 Å². The lowest BCUT2D eigenvalue weighted by Crippen LogP contribution is -2.59. The Morgan fingerprint density at radius 2 is 1.44 bits per heavy atom. The van der Waals surface area contributed by atoms with Gasteiger partial charge in [-0.15, -0.1) is 0 Å². The highest BCUT2D eigenvalue weighted by Crippen LogP contribution is 2.19. The summed E-state index contributed by atoms with van der Waals surface area (Å²) in [5.41, 5.74) is 0. The smallest absolute Gasteiger partial charge is 0.418 e. The second-order valence-corrected chi connectivity index (χ2v) is 7.37. The first kappa shape index (κ1) is 22.2. The SMILES string of the molecule is CB(O)N1CCN(B(C)O)[C@@H](C)C1.CB(O)N1CCN2C(=O)OC(=O)[C@H]2C1. The fraction of sp³-hybridized carbons (Fsp3) is 0.857. The van der Waals surface area contributed by atoms with Crippen molar-refractivity contribution in [2.45, 2.75) is 39.5 Å². The highest BCUT2D eigenvalue weighted by molar-refractivity contribution is 6.46. The van der Waals surface area contributed by atoms with E-state index in [-0.39, 0.29) is 14.1 Å². The molecule has 0 spiro atoms. The Hall–Kier alpha value is -1.11. The predicted octanol–water partition coefficient (Wildman–Crippen LogP) is -2.03. The fourth-order valence-electron chi connectivity index (χ4n) is 3.67. The predicted molar refractivity (Wildman–Crippen MR) is 103 cm³/mol. The summed E-state index contributed by atoms with van der Waals surface area (Å²) in [4.78, 5) is 29.5. The number of ether oxygens (including phenoxy) is 1. The minimum Gasteiger partial charge on any atom is -0.437 e. The molecular weight excluding hydrogens is 353 g/mol. The van der Waals surface area contributed by atoms with Crippen LogP contribution in [-0.4, -0.2) is 119 Å². The van der Waals surface area contributed by atoms with Gasteiger partial charge in [0.1, 0.15) is 6.04 Å². The number of carbonyl (C=O) groups excluding carboxylic acids is 2. The summed E-state index contributed by atoms with van der Waals surface area (Å²) in [6, 6.07) is -0.228. The van der Waals surface area contributed by atoms with Gasteiger partial charge in [-0.25, -0.2) is 9.59 Å². The molecule has 3 saturated heterocycles. The molecule has 3 rings (SSSR count). The van der Waals surface area contributed by atoms with E-state index in [4.69, 9.17) is 0 Å². The molecule has 3 heterocycles. The molecule has 2 atom stereocenters.